The highest BCUT2D eigenvalue weighted by molar-refractivity contribution is 5.45. The second-order valence-electron chi connectivity index (χ2n) is 3.33. The molecule has 2 nitrogen and oxygen atoms in total. The third-order valence-corrected chi connectivity index (χ3v) is 2.08. The fraction of sp³-hybridized carbons (Fsp3) is 0.500. The highest BCUT2D eigenvalue weighted by atomic mass is 19.2. The maximum absolute atomic E-state index is 13.0. The molecule has 0 aromatic carbocycles. The number of hydrogen-bond donors (Lipinski definition) is 1. The molecule has 1 aromatic rings. The van der Waals surface area contributed by atoms with Crippen molar-refractivity contribution in [3.05, 3.63) is 23.5 Å². The predicted molar refractivity (Wildman–Crippen MR) is 52.1 cm³/mol. The van der Waals surface area contributed by atoms with Crippen molar-refractivity contribution in [3.63, 3.8) is 0 Å². The Balaban J connectivity index is 2.78. The summed E-state index contributed by atoms with van der Waals surface area (Å²) >= 11 is 0. The first-order valence-corrected chi connectivity index (χ1v) is 5.01. The number of nitrogens with zero attached hydrogens (tertiary/aromatic N) is 1. The van der Waals surface area contributed by atoms with Gasteiger partial charge in [0.2, 0.25) is 11.6 Å². The van der Waals surface area contributed by atoms with Gasteiger partial charge in [0.25, 0.3) is 11.9 Å². The second kappa shape index (κ2) is 5.67. The zero-order valence-electron chi connectivity index (χ0n) is 8.79. The van der Waals surface area contributed by atoms with Gasteiger partial charge in [-0.2, -0.15) is 22.5 Å². The number of rotatable bonds is 5. The summed E-state index contributed by atoms with van der Waals surface area (Å²) in [5.74, 6) is -6.26. The lowest BCUT2D eigenvalue weighted by molar-refractivity contribution is 0.410. The van der Waals surface area contributed by atoms with Crippen LogP contribution >= 0.6 is 0 Å². The molecule has 0 saturated heterocycles. The molecule has 0 aliphatic rings. The summed E-state index contributed by atoms with van der Waals surface area (Å²) in [5, 5.41) is 2.33. The van der Waals surface area contributed by atoms with Crippen molar-refractivity contribution in [2.24, 2.45) is 0 Å². The van der Waals surface area contributed by atoms with E-state index in [-0.39, 0.29) is 6.54 Å². The Hall–Kier alpha value is -1.33. The van der Waals surface area contributed by atoms with E-state index in [9.17, 15) is 17.6 Å². The van der Waals surface area contributed by atoms with Crippen molar-refractivity contribution < 1.29 is 17.6 Å². The quantitative estimate of drug-likeness (QED) is 0.482. The summed E-state index contributed by atoms with van der Waals surface area (Å²) < 4.78 is 51.4. The number of unbranched alkanes of at least 4 members (excludes halogenated alkanes) is 2. The van der Waals surface area contributed by atoms with Crippen LogP contribution < -0.4 is 5.32 Å². The summed E-state index contributed by atoms with van der Waals surface area (Å²) in [6.45, 7) is 2.22. The second-order valence-corrected chi connectivity index (χ2v) is 3.33. The highest BCUT2D eigenvalue weighted by Crippen LogP contribution is 2.21. The molecule has 0 aliphatic carbocycles. The standard InChI is InChI=1S/C10H12F4N2/c1-2-3-4-5-15-8-6(11)9(13)16-10(14)7(8)12/h2-5H2,1H3,(H,15,16). The molecule has 90 valence electrons. The zero-order chi connectivity index (χ0) is 12.1. The van der Waals surface area contributed by atoms with Crippen molar-refractivity contribution in [1.29, 1.82) is 0 Å². The van der Waals surface area contributed by atoms with E-state index in [0.717, 1.165) is 12.8 Å². The lowest BCUT2D eigenvalue weighted by Crippen LogP contribution is -2.10. The lowest BCUT2D eigenvalue weighted by atomic mass is 10.2. The number of nitrogens with one attached hydrogen (secondary N) is 1. The van der Waals surface area contributed by atoms with Gasteiger partial charge < -0.3 is 5.32 Å². The van der Waals surface area contributed by atoms with Crippen LogP contribution in [0.15, 0.2) is 0 Å². The molecule has 0 atom stereocenters. The molecule has 0 bridgehead atoms. The zero-order valence-corrected chi connectivity index (χ0v) is 8.79. The first-order valence-electron chi connectivity index (χ1n) is 5.01. The van der Waals surface area contributed by atoms with Crippen LogP contribution in [0.3, 0.4) is 0 Å². The first kappa shape index (κ1) is 12.7. The van der Waals surface area contributed by atoms with Crippen LogP contribution in [0, 0.1) is 23.5 Å². The third-order valence-electron chi connectivity index (χ3n) is 2.08. The van der Waals surface area contributed by atoms with Crippen LogP contribution in [0.4, 0.5) is 23.2 Å². The van der Waals surface area contributed by atoms with E-state index in [1.54, 1.807) is 0 Å². The van der Waals surface area contributed by atoms with Gasteiger partial charge in [0.15, 0.2) is 0 Å². The van der Waals surface area contributed by atoms with Gasteiger partial charge in [-0.3, -0.25) is 0 Å². The lowest BCUT2D eigenvalue weighted by Gasteiger charge is -2.08. The average Bonchev–Trinajstić information content (AvgIpc) is 2.25. The molecule has 1 N–H and O–H groups in total. The molecule has 6 heteroatoms. The Labute approximate surface area is 90.7 Å². The SMILES string of the molecule is CCCCCNc1c(F)c(F)nc(F)c1F. The van der Waals surface area contributed by atoms with Gasteiger partial charge in [0.05, 0.1) is 0 Å². The van der Waals surface area contributed by atoms with E-state index >= 15 is 0 Å². The highest BCUT2D eigenvalue weighted by Gasteiger charge is 2.19. The molecule has 0 fully saturated rings. The summed E-state index contributed by atoms with van der Waals surface area (Å²) in [6, 6.07) is 0. The van der Waals surface area contributed by atoms with Crippen molar-refractivity contribution in [3.8, 4) is 0 Å². The van der Waals surface area contributed by atoms with Crippen molar-refractivity contribution >= 4 is 5.69 Å². The summed E-state index contributed by atoms with van der Waals surface area (Å²) in [4.78, 5) is 2.45. The number of aromatic nitrogens is 1. The molecule has 0 unspecified atom stereocenters. The van der Waals surface area contributed by atoms with Crippen LogP contribution in [0.2, 0.25) is 0 Å². The molecule has 0 spiro atoms. The van der Waals surface area contributed by atoms with Crippen LogP contribution in [0.1, 0.15) is 26.2 Å². The number of anilines is 1. The van der Waals surface area contributed by atoms with Crippen LogP contribution in [0.5, 0.6) is 0 Å². The maximum atomic E-state index is 13.0. The number of pyridine rings is 1. The van der Waals surface area contributed by atoms with E-state index in [2.05, 4.69) is 10.3 Å². The normalized spacial score (nSPS) is 10.6. The molecule has 0 radical (unpaired) electrons. The number of halogens is 4. The molecule has 16 heavy (non-hydrogen) atoms. The fourth-order valence-corrected chi connectivity index (χ4v) is 1.23. The third kappa shape index (κ3) is 2.84. The molecule has 0 aliphatic heterocycles. The fourth-order valence-electron chi connectivity index (χ4n) is 1.23. The van der Waals surface area contributed by atoms with E-state index < -0.39 is 29.2 Å². The van der Waals surface area contributed by atoms with E-state index in [1.165, 1.54) is 0 Å². The average molecular weight is 236 g/mol. The van der Waals surface area contributed by atoms with Gasteiger partial charge >= 0.3 is 0 Å². The van der Waals surface area contributed by atoms with Crippen LogP contribution in [-0.4, -0.2) is 11.5 Å². The summed E-state index contributed by atoms with van der Waals surface area (Å²) in [5.41, 5.74) is -0.791. The first-order chi connectivity index (χ1) is 7.57. The summed E-state index contributed by atoms with van der Waals surface area (Å²) in [7, 11) is 0. The van der Waals surface area contributed by atoms with Gasteiger partial charge in [-0.15, -0.1) is 0 Å². The number of hydrogen-bond acceptors (Lipinski definition) is 2. The van der Waals surface area contributed by atoms with Gasteiger partial charge in [-0.25, -0.2) is 0 Å². The van der Waals surface area contributed by atoms with Gasteiger partial charge in [0.1, 0.15) is 5.69 Å². The van der Waals surface area contributed by atoms with Gasteiger partial charge in [-0.1, -0.05) is 19.8 Å². The Morgan fingerprint density at radius 3 is 2.06 bits per heavy atom. The molecule has 1 aromatic heterocycles. The smallest absolute Gasteiger partial charge is 0.253 e. The minimum Gasteiger partial charge on any atom is -0.380 e. The minimum absolute atomic E-state index is 0.255. The predicted octanol–water partition coefficient (Wildman–Crippen LogP) is 3.24. The molecule has 1 rings (SSSR count). The monoisotopic (exact) mass is 236 g/mol. The van der Waals surface area contributed by atoms with E-state index in [1.807, 2.05) is 6.92 Å². The summed E-state index contributed by atoms with van der Waals surface area (Å²) in [6.07, 6.45) is 2.47. The van der Waals surface area contributed by atoms with Crippen LogP contribution in [-0.2, 0) is 0 Å². The molecule has 1 heterocycles. The molecule has 0 amide bonds. The van der Waals surface area contributed by atoms with Crippen molar-refractivity contribution in [1.82, 2.24) is 4.98 Å². The van der Waals surface area contributed by atoms with Gasteiger partial charge in [0, 0.05) is 6.54 Å². The van der Waals surface area contributed by atoms with E-state index in [4.69, 9.17) is 0 Å². The molecule has 0 saturated carbocycles. The molecular weight excluding hydrogens is 224 g/mol. The minimum atomic E-state index is -1.64. The Kier molecular flexibility index (Phi) is 4.52. The maximum Gasteiger partial charge on any atom is 0.253 e. The largest absolute Gasteiger partial charge is 0.380 e. The van der Waals surface area contributed by atoms with Crippen LogP contribution in [0.25, 0.3) is 0 Å². The van der Waals surface area contributed by atoms with E-state index in [0.29, 0.717) is 6.42 Å². The topological polar surface area (TPSA) is 24.9 Å². The van der Waals surface area contributed by atoms with Crippen molar-refractivity contribution in [2.45, 2.75) is 26.2 Å². The van der Waals surface area contributed by atoms with Gasteiger partial charge in [-0.05, 0) is 6.42 Å². The Morgan fingerprint density at radius 2 is 1.56 bits per heavy atom. The van der Waals surface area contributed by atoms with Crippen molar-refractivity contribution in [2.75, 3.05) is 11.9 Å². The molecular formula is C10H12F4N2. The Bertz CT molecular complexity index is 342. The Morgan fingerprint density at radius 1 is 1.00 bits per heavy atom.